The molecular formula is C14H12FN3O. The molecule has 0 bridgehead atoms. The zero-order chi connectivity index (χ0) is 13.7. The number of carbonyl (C=O) groups excluding carboxylic acids is 1. The molecule has 4 nitrogen and oxygen atoms in total. The molecule has 1 aromatic heterocycles. The molecule has 1 N–H and O–H groups in total. The maximum atomic E-state index is 12.7. The molecule has 0 aliphatic heterocycles. The fraction of sp³-hybridized carbons (Fsp3) is 0.0714. The number of hydrazone groups is 1. The van der Waals surface area contributed by atoms with Gasteiger partial charge in [0.25, 0.3) is 5.91 Å². The number of aromatic nitrogens is 1. The molecule has 0 fully saturated rings. The minimum absolute atomic E-state index is 0.313. The van der Waals surface area contributed by atoms with Gasteiger partial charge in [-0.3, -0.25) is 9.78 Å². The van der Waals surface area contributed by atoms with Crippen LogP contribution in [0.25, 0.3) is 0 Å². The van der Waals surface area contributed by atoms with Gasteiger partial charge in [0.1, 0.15) is 5.82 Å². The number of hydrogen-bond acceptors (Lipinski definition) is 3. The first-order chi connectivity index (χ1) is 9.15. The van der Waals surface area contributed by atoms with Crippen LogP contribution in [0.1, 0.15) is 21.6 Å². The molecule has 2 rings (SSSR count). The van der Waals surface area contributed by atoms with Gasteiger partial charge in [-0.1, -0.05) is 12.1 Å². The second-order valence-corrected chi connectivity index (χ2v) is 3.94. The van der Waals surface area contributed by atoms with E-state index in [1.807, 2.05) is 6.92 Å². The van der Waals surface area contributed by atoms with E-state index in [4.69, 9.17) is 0 Å². The molecule has 0 saturated carbocycles. The van der Waals surface area contributed by atoms with Crippen molar-refractivity contribution in [3.8, 4) is 0 Å². The number of nitrogens with one attached hydrogen (secondary N) is 1. The van der Waals surface area contributed by atoms with E-state index < -0.39 is 0 Å². The molecule has 0 spiro atoms. The number of carbonyl (C=O) groups is 1. The third-order valence-corrected chi connectivity index (χ3v) is 2.42. The molecule has 0 aliphatic carbocycles. The van der Waals surface area contributed by atoms with Crippen LogP contribution >= 0.6 is 0 Å². The fourth-order valence-corrected chi connectivity index (χ4v) is 1.38. The molecule has 0 radical (unpaired) electrons. The van der Waals surface area contributed by atoms with E-state index in [0.29, 0.717) is 11.1 Å². The zero-order valence-corrected chi connectivity index (χ0v) is 10.3. The predicted molar refractivity (Wildman–Crippen MR) is 70.4 cm³/mol. The van der Waals surface area contributed by atoms with E-state index in [1.54, 1.807) is 24.3 Å². The number of rotatable bonds is 3. The Morgan fingerprint density at radius 3 is 2.63 bits per heavy atom. The predicted octanol–water partition coefficient (Wildman–Crippen LogP) is 2.29. The first-order valence-corrected chi connectivity index (χ1v) is 5.67. The Bertz CT molecular complexity index is 591. The molecule has 0 unspecified atom stereocenters. The van der Waals surface area contributed by atoms with Crippen molar-refractivity contribution < 1.29 is 9.18 Å². The monoisotopic (exact) mass is 257 g/mol. The Balaban J connectivity index is 1.96. The second kappa shape index (κ2) is 5.86. The van der Waals surface area contributed by atoms with E-state index in [0.717, 1.165) is 5.69 Å². The summed E-state index contributed by atoms with van der Waals surface area (Å²) in [6.45, 7) is 1.84. The second-order valence-electron chi connectivity index (χ2n) is 3.94. The number of amides is 1. The van der Waals surface area contributed by atoms with Gasteiger partial charge in [-0.2, -0.15) is 5.10 Å². The molecular weight excluding hydrogens is 245 g/mol. The van der Waals surface area contributed by atoms with Crippen LogP contribution in [0.4, 0.5) is 4.39 Å². The van der Waals surface area contributed by atoms with Gasteiger partial charge in [-0.25, -0.2) is 9.82 Å². The van der Waals surface area contributed by atoms with Crippen LogP contribution < -0.4 is 5.43 Å². The number of nitrogens with zero attached hydrogens (tertiary/aromatic N) is 2. The molecule has 19 heavy (non-hydrogen) atoms. The highest BCUT2D eigenvalue weighted by atomic mass is 19.1. The lowest BCUT2D eigenvalue weighted by molar-refractivity contribution is 0.0955. The summed E-state index contributed by atoms with van der Waals surface area (Å²) in [6.07, 6.45) is 2.93. The highest BCUT2D eigenvalue weighted by Crippen LogP contribution is 2.00. The standard InChI is InChI=1S/C14H12FN3O/c1-10-2-5-12(9-16-10)14(19)18-17-8-11-3-6-13(15)7-4-11/h2-9H,1H3,(H,18,19)/b17-8+. The third-order valence-electron chi connectivity index (χ3n) is 2.42. The number of benzene rings is 1. The number of pyridine rings is 1. The Labute approximate surface area is 110 Å². The quantitative estimate of drug-likeness (QED) is 0.677. The van der Waals surface area contributed by atoms with Gasteiger partial charge in [-0.15, -0.1) is 0 Å². The van der Waals surface area contributed by atoms with Gasteiger partial charge in [0.15, 0.2) is 0 Å². The minimum atomic E-state index is -0.342. The summed E-state index contributed by atoms with van der Waals surface area (Å²) in [6, 6.07) is 9.21. The lowest BCUT2D eigenvalue weighted by atomic mass is 10.2. The summed E-state index contributed by atoms with van der Waals surface area (Å²) in [5.41, 5.74) is 4.35. The Kier molecular flexibility index (Phi) is 3.97. The Morgan fingerprint density at radius 2 is 2.00 bits per heavy atom. The van der Waals surface area contributed by atoms with Gasteiger partial charge in [0, 0.05) is 11.9 Å². The van der Waals surface area contributed by atoms with Crippen molar-refractivity contribution >= 4 is 12.1 Å². The number of aryl methyl sites for hydroxylation is 1. The van der Waals surface area contributed by atoms with Crippen molar-refractivity contribution in [2.45, 2.75) is 6.92 Å². The molecule has 0 aliphatic rings. The van der Waals surface area contributed by atoms with Crippen LogP contribution in [-0.4, -0.2) is 17.1 Å². The van der Waals surface area contributed by atoms with Gasteiger partial charge >= 0.3 is 0 Å². The Morgan fingerprint density at radius 1 is 1.26 bits per heavy atom. The first-order valence-electron chi connectivity index (χ1n) is 5.67. The summed E-state index contributed by atoms with van der Waals surface area (Å²) >= 11 is 0. The molecule has 2 aromatic rings. The van der Waals surface area contributed by atoms with Crippen LogP contribution in [0.2, 0.25) is 0 Å². The molecule has 0 atom stereocenters. The summed E-state index contributed by atoms with van der Waals surface area (Å²) in [7, 11) is 0. The minimum Gasteiger partial charge on any atom is -0.267 e. The Hall–Kier alpha value is -2.56. The third kappa shape index (κ3) is 3.70. The van der Waals surface area contributed by atoms with E-state index in [-0.39, 0.29) is 11.7 Å². The maximum Gasteiger partial charge on any atom is 0.272 e. The zero-order valence-electron chi connectivity index (χ0n) is 10.3. The van der Waals surface area contributed by atoms with Crippen LogP contribution in [0.3, 0.4) is 0 Å². The number of halogens is 1. The van der Waals surface area contributed by atoms with E-state index in [9.17, 15) is 9.18 Å². The number of hydrogen-bond donors (Lipinski definition) is 1. The summed E-state index contributed by atoms with van der Waals surface area (Å²) in [5, 5.41) is 3.80. The maximum absolute atomic E-state index is 12.7. The fourth-order valence-electron chi connectivity index (χ4n) is 1.38. The average molecular weight is 257 g/mol. The largest absolute Gasteiger partial charge is 0.272 e. The van der Waals surface area contributed by atoms with E-state index >= 15 is 0 Å². The van der Waals surface area contributed by atoms with Crippen LogP contribution in [0, 0.1) is 12.7 Å². The van der Waals surface area contributed by atoms with Gasteiger partial charge < -0.3 is 0 Å². The first kappa shape index (κ1) is 12.9. The molecule has 1 aromatic carbocycles. The smallest absolute Gasteiger partial charge is 0.267 e. The van der Waals surface area contributed by atoms with E-state index in [2.05, 4.69) is 15.5 Å². The average Bonchev–Trinajstić information content (AvgIpc) is 2.41. The highest BCUT2D eigenvalue weighted by molar-refractivity contribution is 5.94. The lowest BCUT2D eigenvalue weighted by Gasteiger charge is -1.99. The van der Waals surface area contributed by atoms with Crippen molar-refractivity contribution in [1.82, 2.24) is 10.4 Å². The summed E-state index contributed by atoms with van der Waals surface area (Å²) < 4.78 is 12.7. The molecule has 96 valence electrons. The summed E-state index contributed by atoms with van der Waals surface area (Å²) in [5.74, 6) is -0.655. The lowest BCUT2D eigenvalue weighted by Crippen LogP contribution is -2.17. The van der Waals surface area contributed by atoms with E-state index in [1.165, 1.54) is 24.5 Å². The van der Waals surface area contributed by atoms with Crippen LogP contribution in [-0.2, 0) is 0 Å². The highest BCUT2D eigenvalue weighted by Gasteiger charge is 2.03. The van der Waals surface area contributed by atoms with Crippen LogP contribution in [0.5, 0.6) is 0 Å². The molecule has 1 heterocycles. The van der Waals surface area contributed by atoms with Crippen molar-refractivity contribution in [3.05, 3.63) is 65.2 Å². The topological polar surface area (TPSA) is 54.4 Å². The summed E-state index contributed by atoms with van der Waals surface area (Å²) in [4.78, 5) is 15.7. The SMILES string of the molecule is Cc1ccc(C(=O)N/N=C/c2ccc(F)cc2)cn1. The van der Waals surface area contributed by atoms with Crippen molar-refractivity contribution in [3.63, 3.8) is 0 Å². The van der Waals surface area contributed by atoms with Gasteiger partial charge in [0.2, 0.25) is 0 Å². The van der Waals surface area contributed by atoms with Crippen molar-refractivity contribution in [2.24, 2.45) is 5.10 Å². The van der Waals surface area contributed by atoms with Gasteiger partial charge in [-0.05, 0) is 36.8 Å². The van der Waals surface area contributed by atoms with Crippen LogP contribution in [0.15, 0.2) is 47.7 Å². The molecule has 1 amide bonds. The molecule has 0 saturated heterocycles. The van der Waals surface area contributed by atoms with Gasteiger partial charge in [0.05, 0.1) is 11.8 Å². The normalized spacial score (nSPS) is 10.6. The molecule has 5 heteroatoms. The van der Waals surface area contributed by atoms with Crippen molar-refractivity contribution in [1.29, 1.82) is 0 Å². The van der Waals surface area contributed by atoms with Crippen molar-refractivity contribution in [2.75, 3.05) is 0 Å².